The van der Waals surface area contributed by atoms with Gasteiger partial charge in [0.15, 0.2) is 11.3 Å². The maximum Gasteiger partial charge on any atom is 0.243 e. The van der Waals surface area contributed by atoms with Crippen molar-refractivity contribution in [2.75, 3.05) is 0 Å². The van der Waals surface area contributed by atoms with E-state index in [-0.39, 0.29) is 11.5 Å². The van der Waals surface area contributed by atoms with Gasteiger partial charge in [-0.05, 0) is 31.0 Å². The molecule has 0 saturated heterocycles. The molecule has 2 aromatic heterocycles. The van der Waals surface area contributed by atoms with Crippen molar-refractivity contribution >= 4 is 10.9 Å². The number of nitrogens with zero attached hydrogens (tertiary/aromatic N) is 2. The topological polar surface area (TPSA) is 83.8 Å². The van der Waals surface area contributed by atoms with Crippen LogP contribution in [0.15, 0.2) is 33.6 Å². The number of halogens is 1. The van der Waals surface area contributed by atoms with E-state index in [4.69, 9.17) is 4.52 Å². The Kier molecular flexibility index (Phi) is 4.94. The van der Waals surface area contributed by atoms with Crippen LogP contribution in [-0.4, -0.2) is 15.1 Å². The number of nitrogens with one attached hydrogen (secondary N) is 2. The smallest absolute Gasteiger partial charge is 0.243 e. The first-order valence-electron chi connectivity index (χ1n) is 8.29. The van der Waals surface area contributed by atoms with E-state index in [2.05, 4.69) is 34.3 Å². The predicted octanol–water partition coefficient (Wildman–Crippen LogP) is 3.10. The van der Waals surface area contributed by atoms with Gasteiger partial charge in [-0.25, -0.2) is 4.39 Å². The average Bonchev–Trinajstić information content (AvgIpc) is 3.01. The van der Waals surface area contributed by atoms with E-state index < -0.39 is 5.82 Å². The summed E-state index contributed by atoms with van der Waals surface area (Å²) in [6, 6.07) is 5.45. The normalized spacial score (nSPS) is 12.8. The maximum atomic E-state index is 13.3. The second kappa shape index (κ2) is 7.14. The first-order chi connectivity index (χ1) is 11.9. The number of hydrogen-bond donors (Lipinski definition) is 2. The number of hydrogen-bond acceptors (Lipinski definition) is 5. The van der Waals surface area contributed by atoms with Crippen molar-refractivity contribution in [3.05, 3.63) is 57.7 Å². The van der Waals surface area contributed by atoms with Crippen molar-refractivity contribution in [1.29, 1.82) is 0 Å². The molecule has 6 nitrogen and oxygen atoms in total. The van der Waals surface area contributed by atoms with Gasteiger partial charge in [0.1, 0.15) is 5.82 Å². The Balaban J connectivity index is 1.70. The highest BCUT2D eigenvalue weighted by Crippen LogP contribution is 2.14. The van der Waals surface area contributed by atoms with Gasteiger partial charge in [-0.15, -0.1) is 0 Å². The molecule has 0 aliphatic rings. The molecular formula is C18H21FN4O2. The summed E-state index contributed by atoms with van der Waals surface area (Å²) in [5.41, 5.74) is 1.10. The Bertz CT molecular complexity index is 932. The minimum atomic E-state index is -0.425. The number of fused-ring (bicyclic) bond motifs is 1. The molecular weight excluding hydrogens is 323 g/mol. The number of benzene rings is 1. The first-order valence-corrected chi connectivity index (χ1v) is 8.29. The van der Waals surface area contributed by atoms with Crippen LogP contribution in [-0.2, 0) is 13.0 Å². The van der Waals surface area contributed by atoms with Gasteiger partial charge in [0.05, 0.1) is 6.04 Å². The van der Waals surface area contributed by atoms with Crippen molar-refractivity contribution < 1.29 is 8.91 Å². The molecule has 0 spiro atoms. The molecule has 0 fully saturated rings. The molecule has 0 amide bonds. The van der Waals surface area contributed by atoms with Crippen molar-refractivity contribution in [2.45, 2.75) is 39.8 Å². The van der Waals surface area contributed by atoms with Crippen molar-refractivity contribution in [1.82, 2.24) is 20.4 Å². The van der Waals surface area contributed by atoms with E-state index in [1.807, 2.05) is 6.92 Å². The Morgan fingerprint density at radius 1 is 1.28 bits per heavy atom. The highest BCUT2D eigenvalue weighted by molar-refractivity contribution is 5.78. The van der Waals surface area contributed by atoms with Gasteiger partial charge in [0.25, 0.3) is 0 Å². The third-order valence-corrected chi connectivity index (χ3v) is 3.89. The van der Waals surface area contributed by atoms with E-state index in [9.17, 15) is 9.18 Å². The Labute approximate surface area is 144 Å². The molecule has 7 heteroatoms. The largest absolute Gasteiger partial charge is 0.357 e. The lowest BCUT2D eigenvalue weighted by molar-refractivity contribution is 0.334. The zero-order valence-corrected chi connectivity index (χ0v) is 14.5. The molecule has 1 atom stereocenters. The van der Waals surface area contributed by atoms with E-state index in [0.29, 0.717) is 40.8 Å². The fourth-order valence-corrected chi connectivity index (χ4v) is 2.61. The lowest BCUT2D eigenvalue weighted by atomic mass is 10.1. The monoisotopic (exact) mass is 344 g/mol. The van der Waals surface area contributed by atoms with Crippen LogP contribution in [0.2, 0.25) is 0 Å². The summed E-state index contributed by atoms with van der Waals surface area (Å²) in [4.78, 5) is 19.6. The highest BCUT2D eigenvalue weighted by atomic mass is 19.1. The van der Waals surface area contributed by atoms with Crippen LogP contribution in [0.5, 0.6) is 0 Å². The van der Waals surface area contributed by atoms with Crippen LogP contribution in [0.4, 0.5) is 4.39 Å². The molecule has 3 aromatic rings. The standard InChI is InChI=1S/C18H21FN4O2/c1-10(2)6-17-22-18(25-23-17)11(3)20-9-13-8-16(24)14-7-12(19)4-5-15(14)21-13/h4-5,7-8,10-11,20H,6,9H2,1-3H3,(H,21,24)/t11-/m1/s1. The zero-order chi connectivity index (χ0) is 18.0. The number of aromatic amines is 1. The lowest BCUT2D eigenvalue weighted by Gasteiger charge is -2.10. The van der Waals surface area contributed by atoms with Gasteiger partial charge >= 0.3 is 0 Å². The van der Waals surface area contributed by atoms with E-state index in [0.717, 1.165) is 6.42 Å². The van der Waals surface area contributed by atoms with Crippen molar-refractivity contribution in [3.8, 4) is 0 Å². The SMILES string of the molecule is CC(C)Cc1noc([C@@H](C)NCc2cc(=O)c3cc(F)ccc3[nH]2)n1. The first kappa shape index (κ1) is 17.3. The molecule has 3 rings (SSSR count). The number of H-pyrrole nitrogens is 1. The maximum absolute atomic E-state index is 13.3. The molecule has 2 N–H and O–H groups in total. The van der Waals surface area contributed by atoms with Gasteiger partial charge in [-0.2, -0.15) is 4.98 Å². The van der Waals surface area contributed by atoms with Gasteiger partial charge in [0.2, 0.25) is 5.89 Å². The number of pyridine rings is 1. The van der Waals surface area contributed by atoms with Gasteiger partial charge in [-0.1, -0.05) is 19.0 Å². The summed E-state index contributed by atoms with van der Waals surface area (Å²) in [5, 5.41) is 7.56. The van der Waals surface area contributed by atoms with E-state index in [1.165, 1.54) is 18.2 Å². The predicted molar refractivity (Wildman–Crippen MR) is 92.6 cm³/mol. The Morgan fingerprint density at radius 3 is 2.84 bits per heavy atom. The summed E-state index contributed by atoms with van der Waals surface area (Å²) in [6.07, 6.45) is 0.769. The molecule has 132 valence electrons. The van der Waals surface area contributed by atoms with Gasteiger partial charge in [-0.3, -0.25) is 4.79 Å². The van der Waals surface area contributed by atoms with Crippen LogP contribution < -0.4 is 10.7 Å². The van der Waals surface area contributed by atoms with Crippen molar-refractivity contribution in [3.63, 3.8) is 0 Å². The molecule has 0 radical (unpaired) electrons. The van der Waals surface area contributed by atoms with E-state index in [1.54, 1.807) is 6.07 Å². The van der Waals surface area contributed by atoms with Gasteiger partial charge < -0.3 is 14.8 Å². The second-order valence-corrected chi connectivity index (χ2v) is 6.60. The summed E-state index contributed by atoms with van der Waals surface area (Å²) in [7, 11) is 0. The molecule has 0 aliphatic carbocycles. The average molecular weight is 344 g/mol. The summed E-state index contributed by atoms with van der Waals surface area (Å²) in [5.74, 6) is 1.24. The van der Waals surface area contributed by atoms with Crippen molar-refractivity contribution in [2.24, 2.45) is 5.92 Å². The van der Waals surface area contributed by atoms with Crippen LogP contribution in [0.1, 0.15) is 44.2 Å². The van der Waals surface area contributed by atoms with Crippen LogP contribution in [0.3, 0.4) is 0 Å². The zero-order valence-electron chi connectivity index (χ0n) is 14.5. The summed E-state index contributed by atoms with van der Waals surface area (Å²) >= 11 is 0. The molecule has 25 heavy (non-hydrogen) atoms. The number of rotatable bonds is 6. The lowest BCUT2D eigenvalue weighted by Crippen LogP contribution is -2.20. The third-order valence-electron chi connectivity index (χ3n) is 3.89. The quantitative estimate of drug-likeness (QED) is 0.718. The molecule has 0 aliphatic heterocycles. The van der Waals surface area contributed by atoms with Crippen LogP contribution in [0.25, 0.3) is 10.9 Å². The fraction of sp³-hybridized carbons (Fsp3) is 0.389. The third kappa shape index (κ3) is 4.11. The second-order valence-electron chi connectivity index (χ2n) is 6.60. The summed E-state index contributed by atoms with van der Waals surface area (Å²) in [6.45, 7) is 6.53. The van der Waals surface area contributed by atoms with E-state index >= 15 is 0 Å². The Morgan fingerprint density at radius 2 is 2.08 bits per heavy atom. The molecule has 0 bridgehead atoms. The minimum absolute atomic E-state index is 0.152. The number of aromatic nitrogens is 3. The summed E-state index contributed by atoms with van der Waals surface area (Å²) < 4.78 is 18.5. The molecule has 1 aromatic carbocycles. The van der Waals surface area contributed by atoms with Crippen LogP contribution in [0, 0.1) is 11.7 Å². The molecule has 0 unspecified atom stereocenters. The van der Waals surface area contributed by atoms with Crippen LogP contribution >= 0.6 is 0 Å². The fourth-order valence-electron chi connectivity index (χ4n) is 2.61. The van der Waals surface area contributed by atoms with Gasteiger partial charge in [0, 0.05) is 35.6 Å². The Hall–Kier alpha value is -2.54. The molecule has 0 saturated carbocycles. The molecule has 2 heterocycles. The highest BCUT2D eigenvalue weighted by Gasteiger charge is 2.15. The minimum Gasteiger partial charge on any atom is -0.357 e.